The molecule has 6 nitrogen and oxygen atoms in total. The van der Waals surface area contributed by atoms with Gasteiger partial charge in [-0.2, -0.15) is 4.31 Å². The Morgan fingerprint density at radius 3 is 2.40 bits per heavy atom. The smallest absolute Gasteiger partial charge is 0.211 e. The van der Waals surface area contributed by atoms with E-state index in [4.69, 9.17) is 9.47 Å². The van der Waals surface area contributed by atoms with Gasteiger partial charge in [0.25, 0.3) is 0 Å². The second-order valence-corrected chi connectivity index (χ2v) is 9.36. The number of piperazine rings is 1. The minimum Gasteiger partial charge on any atom is -0.497 e. The summed E-state index contributed by atoms with van der Waals surface area (Å²) >= 11 is 0. The Morgan fingerprint density at radius 1 is 1.03 bits per heavy atom. The Kier molecular flexibility index (Phi) is 7.53. The predicted octanol–water partition coefficient (Wildman–Crippen LogP) is 3.47. The second kappa shape index (κ2) is 10.1. The van der Waals surface area contributed by atoms with E-state index in [9.17, 15) is 8.42 Å². The van der Waals surface area contributed by atoms with Crippen LogP contribution in [0.25, 0.3) is 0 Å². The lowest BCUT2D eigenvalue weighted by atomic mass is 10.0. The van der Waals surface area contributed by atoms with Crippen LogP contribution in [0.4, 0.5) is 0 Å². The topological polar surface area (TPSA) is 59.1 Å². The highest BCUT2D eigenvalue weighted by Crippen LogP contribution is 2.27. The van der Waals surface area contributed by atoms with E-state index >= 15 is 0 Å². The molecule has 1 fully saturated rings. The maximum Gasteiger partial charge on any atom is 0.211 e. The number of nitrogens with zero attached hydrogens (tertiary/aromatic N) is 2. The van der Waals surface area contributed by atoms with Crippen LogP contribution in [0.5, 0.6) is 11.5 Å². The Morgan fingerprint density at radius 2 is 1.73 bits per heavy atom. The van der Waals surface area contributed by atoms with Crippen LogP contribution in [0.3, 0.4) is 0 Å². The Balaban J connectivity index is 1.70. The molecule has 1 heterocycles. The summed E-state index contributed by atoms with van der Waals surface area (Å²) in [6.07, 6.45) is 5.46. The number of rotatable bonds is 8. The van der Waals surface area contributed by atoms with Gasteiger partial charge in [0, 0.05) is 26.2 Å². The van der Waals surface area contributed by atoms with Gasteiger partial charge in [0.1, 0.15) is 18.1 Å². The van der Waals surface area contributed by atoms with Crippen LogP contribution in [0.15, 0.2) is 60.7 Å². The molecule has 7 heteroatoms. The van der Waals surface area contributed by atoms with Gasteiger partial charge in [0.2, 0.25) is 10.0 Å². The van der Waals surface area contributed by atoms with Crippen molar-refractivity contribution >= 4 is 10.0 Å². The summed E-state index contributed by atoms with van der Waals surface area (Å²) in [5.74, 6) is 1.62. The third kappa shape index (κ3) is 5.84. The van der Waals surface area contributed by atoms with Gasteiger partial charge in [0.15, 0.2) is 0 Å². The molecule has 1 unspecified atom stereocenters. The highest BCUT2D eigenvalue weighted by Gasteiger charge is 2.27. The van der Waals surface area contributed by atoms with Crippen LogP contribution in [0, 0.1) is 0 Å². The van der Waals surface area contributed by atoms with Gasteiger partial charge in [-0.05, 0) is 42.3 Å². The first-order chi connectivity index (χ1) is 14.4. The molecule has 0 spiro atoms. The van der Waals surface area contributed by atoms with E-state index < -0.39 is 10.0 Å². The van der Waals surface area contributed by atoms with E-state index in [0.29, 0.717) is 32.8 Å². The van der Waals surface area contributed by atoms with E-state index in [-0.39, 0.29) is 6.04 Å². The van der Waals surface area contributed by atoms with Crippen LogP contribution >= 0.6 is 0 Å². The molecule has 0 amide bonds. The zero-order valence-corrected chi connectivity index (χ0v) is 18.6. The second-order valence-electron chi connectivity index (χ2n) is 7.38. The van der Waals surface area contributed by atoms with Gasteiger partial charge in [-0.3, -0.25) is 4.90 Å². The minimum atomic E-state index is -3.14. The summed E-state index contributed by atoms with van der Waals surface area (Å²) in [7, 11) is -1.48. The van der Waals surface area contributed by atoms with E-state index in [1.807, 2.05) is 49.4 Å². The summed E-state index contributed by atoms with van der Waals surface area (Å²) in [6.45, 7) is 4.87. The molecule has 0 saturated carbocycles. The number of benzene rings is 2. The fourth-order valence-corrected chi connectivity index (χ4v) is 4.48. The predicted molar refractivity (Wildman–Crippen MR) is 119 cm³/mol. The first kappa shape index (κ1) is 22.3. The average Bonchev–Trinajstić information content (AvgIpc) is 2.76. The van der Waals surface area contributed by atoms with Crippen LogP contribution in [-0.4, -0.2) is 57.2 Å². The van der Waals surface area contributed by atoms with E-state index in [2.05, 4.69) is 23.1 Å². The van der Waals surface area contributed by atoms with Crippen LogP contribution in [0.2, 0.25) is 0 Å². The number of sulfonamides is 1. The number of hydrogen-bond acceptors (Lipinski definition) is 5. The van der Waals surface area contributed by atoms with Gasteiger partial charge in [0.05, 0.1) is 19.4 Å². The fourth-order valence-electron chi connectivity index (χ4n) is 3.66. The SMILES string of the molecule is CC=CC(c1cccc(OCc2cccc(OC)c2)c1)N1CCN(S(C)(=O)=O)CC1. The Labute approximate surface area is 179 Å². The number of hydrogen-bond donors (Lipinski definition) is 0. The standard InChI is InChI=1S/C23H30N2O4S/c1-4-7-23(24-12-14-25(15-13-24)30(3,26)27)20-9-6-11-22(17-20)29-18-19-8-5-10-21(16-19)28-2/h4-11,16-17,23H,12-15,18H2,1-3H3. The molecule has 0 radical (unpaired) electrons. The Bertz CT molecular complexity index is 967. The van der Waals surface area contributed by atoms with Crippen molar-refractivity contribution in [2.75, 3.05) is 39.5 Å². The Hall–Kier alpha value is -2.35. The van der Waals surface area contributed by atoms with Crippen molar-refractivity contribution in [2.45, 2.75) is 19.6 Å². The third-order valence-electron chi connectivity index (χ3n) is 5.25. The van der Waals surface area contributed by atoms with Gasteiger partial charge in [-0.15, -0.1) is 0 Å². The molecule has 162 valence electrons. The quantitative estimate of drug-likeness (QED) is 0.600. The molecule has 2 aromatic rings. The normalized spacial score (nSPS) is 17.2. The third-order valence-corrected chi connectivity index (χ3v) is 6.55. The molecule has 0 aromatic heterocycles. The summed E-state index contributed by atoms with van der Waals surface area (Å²) in [5, 5.41) is 0. The lowest BCUT2D eigenvalue weighted by molar-refractivity contribution is 0.159. The van der Waals surface area contributed by atoms with Crippen molar-refractivity contribution in [3.8, 4) is 11.5 Å². The van der Waals surface area contributed by atoms with Crippen molar-refractivity contribution in [3.05, 3.63) is 71.8 Å². The average molecular weight is 431 g/mol. The lowest BCUT2D eigenvalue weighted by Gasteiger charge is -2.37. The van der Waals surface area contributed by atoms with Crippen molar-refractivity contribution in [2.24, 2.45) is 0 Å². The highest BCUT2D eigenvalue weighted by molar-refractivity contribution is 7.88. The van der Waals surface area contributed by atoms with Gasteiger partial charge in [-0.1, -0.05) is 36.4 Å². The number of ether oxygens (including phenoxy) is 2. The first-order valence-electron chi connectivity index (χ1n) is 10.1. The maximum atomic E-state index is 11.8. The maximum absolute atomic E-state index is 11.8. The summed E-state index contributed by atoms with van der Waals surface area (Å²) < 4.78 is 36.4. The molecule has 1 atom stereocenters. The van der Waals surface area contributed by atoms with Crippen molar-refractivity contribution in [1.29, 1.82) is 0 Å². The fraction of sp³-hybridized carbons (Fsp3) is 0.391. The van der Waals surface area contributed by atoms with Crippen molar-refractivity contribution in [1.82, 2.24) is 9.21 Å². The molecule has 0 bridgehead atoms. The van der Waals surface area contributed by atoms with Crippen molar-refractivity contribution < 1.29 is 17.9 Å². The minimum absolute atomic E-state index is 0.0806. The van der Waals surface area contributed by atoms with Gasteiger partial charge >= 0.3 is 0 Å². The molecule has 0 aliphatic carbocycles. The van der Waals surface area contributed by atoms with Crippen LogP contribution in [0.1, 0.15) is 24.1 Å². The van der Waals surface area contributed by atoms with Gasteiger partial charge < -0.3 is 9.47 Å². The first-order valence-corrected chi connectivity index (χ1v) is 11.9. The van der Waals surface area contributed by atoms with Crippen LogP contribution in [-0.2, 0) is 16.6 Å². The summed E-state index contributed by atoms with van der Waals surface area (Å²) in [4.78, 5) is 2.31. The van der Waals surface area contributed by atoms with E-state index in [1.165, 1.54) is 6.26 Å². The van der Waals surface area contributed by atoms with Crippen molar-refractivity contribution in [3.63, 3.8) is 0 Å². The zero-order chi connectivity index (χ0) is 21.6. The molecular weight excluding hydrogens is 400 g/mol. The molecule has 1 aliphatic rings. The molecular formula is C23H30N2O4S. The molecule has 30 heavy (non-hydrogen) atoms. The molecule has 2 aromatic carbocycles. The van der Waals surface area contributed by atoms with E-state index in [1.54, 1.807) is 11.4 Å². The molecule has 0 N–H and O–H groups in total. The summed E-state index contributed by atoms with van der Waals surface area (Å²) in [6, 6.07) is 16.0. The zero-order valence-electron chi connectivity index (χ0n) is 17.8. The molecule has 1 saturated heterocycles. The van der Waals surface area contributed by atoms with E-state index in [0.717, 1.165) is 22.6 Å². The lowest BCUT2D eigenvalue weighted by Crippen LogP contribution is -2.49. The summed E-state index contributed by atoms with van der Waals surface area (Å²) in [5.41, 5.74) is 2.17. The monoisotopic (exact) mass is 430 g/mol. The molecule has 3 rings (SSSR count). The number of allylic oxidation sites excluding steroid dienone is 1. The van der Waals surface area contributed by atoms with Crippen LogP contribution < -0.4 is 9.47 Å². The molecule has 1 aliphatic heterocycles. The largest absolute Gasteiger partial charge is 0.497 e. The van der Waals surface area contributed by atoms with Gasteiger partial charge in [-0.25, -0.2) is 8.42 Å². The highest BCUT2D eigenvalue weighted by atomic mass is 32.2. The number of methoxy groups -OCH3 is 1.